The van der Waals surface area contributed by atoms with Crippen LogP contribution < -0.4 is 5.32 Å². The summed E-state index contributed by atoms with van der Waals surface area (Å²) in [5.74, 6) is -1.79. The fourth-order valence-corrected chi connectivity index (χ4v) is 2.81. The largest absolute Gasteiger partial charge is 0.481 e. The predicted octanol–water partition coefficient (Wildman–Crippen LogP) is 1.51. The number of aliphatic carboxylic acids is 1. The Morgan fingerprint density at radius 2 is 2.00 bits per heavy atom. The van der Waals surface area contributed by atoms with E-state index >= 15 is 0 Å². The van der Waals surface area contributed by atoms with Crippen molar-refractivity contribution in [2.45, 2.75) is 32.2 Å². The van der Waals surface area contributed by atoms with Crippen LogP contribution in [0.1, 0.15) is 29.5 Å². The Hall–Kier alpha value is -1.84. The van der Waals surface area contributed by atoms with Gasteiger partial charge in [-0.25, -0.2) is 0 Å². The van der Waals surface area contributed by atoms with E-state index in [0.29, 0.717) is 13.0 Å². The van der Waals surface area contributed by atoms with E-state index in [0.717, 1.165) is 18.4 Å². The molecule has 0 spiro atoms. The molecule has 19 heavy (non-hydrogen) atoms. The van der Waals surface area contributed by atoms with E-state index in [1.807, 2.05) is 6.07 Å². The minimum atomic E-state index is -0.863. The van der Waals surface area contributed by atoms with E-state index in [-0.39, 0.29) is 11.8 Å². The van der Waals surface area contributed by atoms with Gasteiger partial charge in [-0.05, 0) is 42.4 Å². The van der Waals surface area contributed by atoms with Gasteiger partial charge in [0.25, 0.3) is 0 Å². The molecule has 0 radical (unpaired) electrons. The fourth-order valence-electron chi connectivity index (χ4n) is 2.81. The molecule has 0 aliphatic heterocycles. The molecule has 2 N–H and O–H groups in total. The van der Waals surface area contributed by atoms with Gasteiger partial charge in [-0.3, -0.25) is 9.59 Å². The van der Waals surface area contributed by atoms with Crippen LogP contribution in [0.3, 0.4) is 0 Å². The summed E-state index contributed by atoms with van der Waals surface area (Å²) in [7, 11) is 0. The SMILES string of the molecule is O=C(O)C1CC1C(=O)NCc1ccc2c(c1)CCC2. The van der Waals surface area contributed by atoms with Gasteiger partial charge in [-0.2, -0.15) is 0 Å². The second kappa shape index (κ2) is 4.68. The molecule has 2 unspecified atom stereocenters. The summed E-state index contributed by atoms with van der Waals surface area (Å²) < 4.78 is 0. The summed E-state index contributed by atoms with van der Waals surface area (Å²) in [5.41, 5.74) is 3.91. The van der Waals surface area contributed by atoms with Crippen LogP contribution in [-0.2, 0) is 29.0 Å². The van der Waals surface area contributed by atoms with Crippen molar-refractivity contribution in [1.29, 1.82) is 0 Å². The summed E-state index contributed by atoms with van der Waals surface area (Å²) in [4.78, 5) is 22.5. The van der Waals surface area contributed by atoms with Gasteiger partial charge in [0.15, 0.2) is 0 Å². The van der Waals surface area contributed by atoms with Gasteiger partial charge < -0.3 is 10.4 Å². The van der Waals surface area contributed by atoms with Crippen LogP contribution >= 0.6 is 0 Å². The van der Waals surface area contributed by atoms with Gasteiger partial charge in [0.1, 0.15) is 0 Å². The number of carbonyl (C=O) groups excluding carboxylic acids is 1. The first-order chi connectivity index (χ1) is 9.15. The van der Waals surface area contributed by atoms with Gasteiger partial charge in [-0.1, -0.05) is 18.2 Å². The van der Waals surface area contributed by atoms with Crippen molar-refractivity contribution in [1.82, 2.24) is 5.32 Å². The van der Waals surface area contributed by atoms with E-state index in [4.69, 9.17) is 5.11 Å². The van der Waals surface area contributed by atoms with Crippen molar-refractivity contribution >= 4 is 11.9 Å². The van der Waals surface area contributed by atoms with Crippen molar-refractivity contribution in [2.24, 2.45) is 11.8 Å². The first-order valence-electron chi connectivity index (χ1n) is 6.76. The Balaban J connectivity index is 1.55. The third-order valence-corrected chi connectivity index (χ3v) is 4.07. The lowest BCUT2D eigenvalue weighted by Crippen LogP contribution is -2.25. The Morgan fingerprint density at radius 3 is 2.74 bits per heavy atom. The molecule has 100 valence electrons. The third kappa shape index (κ3) is 2.48. The Bertz CT molecular complexity index is 538. The number of benzene rings is 1. The van der Waals surface area contributed by atoms with Crippen molar-refractivity contribution in [2.75, 3.05) is 0 Å². The number of fused-ring (bicyclic) bond motifs is 1. The zero-order valence-electron chi connectivity index (χ0n) is 10.7. The Kier molecular flexibility index (Phi) is 3.01. The van der Waals surface area contributed by atoms with Crippen LogP contribution in [0.25, 0.3) is 0 Å². The van der Waals surface area contributed by atoms with Crippen LogP contribution in [-0.4, -0.2) is 17.0 Å². The van der Waals surface area contributed by atoms with Gasteiger partial charge in [0, 0.05) is 6.54 Å². The predicted molar refractivity (Wildman–Crippen MR) is 69.5 cm³/mol. The lowest BCUT2D eigenvalue weighted by molar-refractivity contribution is -0.140. The van der Waals surface area contributed by atoms with Crippen LogP contribution in [0.15, 0.2) is 18.2 Å². The molecule has 2 atom stereocenters. The van der Waals surface area contributed by atoms with E-state index < -0.39 is 11.9 Å². The van der Waals surface area contributed by atoms with Gasteiger partial charge in [-0.15, -0.1) is 0 Å². The highest BCUT2D eigenvalue weighted by Crippen LogP contribution is 2.38. The molecule has 0 saturated heterocycles. The lowest BCUT2D eigenvalue weighted by atomic mass is 10.1. The number of carboxylic acids is 1. The third-order valence-electron chi connectivity index (χ3n) is 4.07. The van der Waals surface area contributed by atoms with Crippen LogP contribution in [0.4, 0.5) is 0 Å². The van der Waals surface area contributed by atoms with Crippen LogP contribution in [0, 0.1) is 11.8 Å². The highest BCUT2D eigenvalue weighted by atomic mass is 16.4. The first kappa shape index (κ1) is 12.2. The molecule has 2 aliphatic carbocycles. The molecule has 1 aromatic carbocycles. The summed E-state index contributed by atoms with van der Waals surface area (Å²) in [6.45, 7) is 0.495. The number of rotatable bonds is 4. The van der Waals surface area contributed by atoms with Gasteiger partial charge >= 0.3 is 5.97 Å². The lowest BCUT2D eigenvalue weighted by Gasteiger charge is -2.07. The molecule has 3 rings (SSSR count). The minimum Gasteiger partial charge on any atom is -0.481 e. The van der Waals surface area contributed by atoms with Crippen molar-refractivity contribution in [3.8, 4) is 0 Å². The maximum atomic E-state index is 11.8. The molecule has 1 amide bonds. The van der Waals surface area contributed by atoms with Crippen molar-refractivity contribution < 1.29 is 14.7 Å². The average Bonchev–Trinajstić information content (AvgIpc) is 3.07. The normalized spacial score (nSPS) is 23.8. The molecular weight excluding hydrogens is 242 g/mol. The standard InChI is InChI=1S/C15H17NO3/c17-14(12-7-13(12)15(18)19)16-8-9-4-5-10-2-1-3-11(10)6-9/h4-6,12-13H,1-3,7-8H2,(H,16,17)(H,18,19). The quantitative estimate of drug-likeness (QED) is 0.861. The molecule has 1 fully saturated rings. The molecule has 0 bridgehead atoms. The number of amides is 1. The number of aryl methyl sites for hydroxylation is 2. The van der Waals surface area contributed by atoms with Crippen LogP contribution in [0.5, 0.6) is 0 Å². The fraction of sp³-hybridized carbons (Fsp3) is 0.467. The molecule has 0 heterocycles. The maximum absolute atomic E-state index is 11.8. The second-order valence-corrected chi connectivity index (χ2v) is 5.46. The van der Waals surface area contributed by atoms with Crippen molar-refractivity contribution in [3.63, 3.8) is 0 Å². The van der Waals surface area contributed by atoms with E-state index in [2.05, 4.69) is 17.4 Å². The summed E-state index contributed by atoms with van der Waals surface area (Å²) in [6, 6.07) is 6.34. The molecule has 2 aliphatic rings. The number of carbonyl (C=O) groups is 2. The summed E-state index contributed by atoms with van der Waals surface area (Å²) in [5, 5.41) is 11.6. The zero-order valence-corrected chi connectivity index (χ0v) is 10.7. The molecule has 1 saturated carbocycles. The molecule has 0 aromatic heterocycles. The topological polar surface area (TPSA) is 66.4 Å². The van der Waals surface area contributed by atoms with E-state index in [1.54, 1.807) is 0 Å². The zero-order chi connectivity index (χ0) is 13.4. The molecule has 1 aromatic rings. The number of hydrogen-bond donors (Lipinski definition) is 2. The number of nitrogens with one attached hydrogen (secondary N) is 1. The molecular formula is C15H17NO3. The Morgan fingerprint density at radius 1 is 1.21 bits per heavy atom. The molecule has 4 nitrogen and oxygen atoms in total. The smallest absolute Gasteiger partial charge is 0.307 e. The highest BCUT2D eigenvalue weighted by molar-refractivity contribution is 5.89. The van der Waals surface area contributed by atoms with E-state index in [9.17, 15) is 9.59 Å². The van der Waals surface area contributed by atoms with E-state index in [1.165, 1.54) is 17.5 Å². The molecule has 4 heteroatoms. The van der Waals surface area contributed by atoms with Crippen LogP contribution in [0.2, 0.25) is 0 Å². The second-order valence-electron chi connectivity index (χ2n) is 5.46. The highest BCUT2D eigenvalue weighted by Gasteiger charge is 2.48. The van der Waals surface area contributed by atoms with Crippen molar-refractivity contribution in [3.05, 3.63) is 34.9 Å². The number of hydrogen-bond acceptors (Lipinski definition) is 2. The maximum Gasteiger partial charge on any atom is 0.307 e. The van der Waals surface area contributed by atoms with Gasteiger partial charge in [0.05, 0.1) is 11.8 Å². The first-order valence-corrected chi connectivity index (χ1v) is 6.76. The minimum absolute atomic E-state index is 0.132. The average molecular weight is 259 g/mol. The van der Waals surface area contributed by atoms with Gasteiger partial charge in [0.2, 0.25) is 5.91 Å². The monoisotopic (exact) mass is 259 g/mol. The Labute approximate surface area is 111 Å². The summed E-state index contributed by atoms with van der Waals surface area (Å²) >= 11 is 0. The number of carboxylic acid groups (broad SMARTS) is 1. The summed E-state index contributed by atoms with van der Waals surface area (Å²) in [6.07, 6.45) is 3.98.